The lowest BCUT2D eigenvalue weighted by atomic mass is 10.2. The number of aliphatic hydroxyl groups is 1. The van der Waals surface area contributed by atoms with Gasteiger partial charge in [0.05, 0.1) is 18.2 Å². The van der Waals surface area contributed by atoms with Gasteiger partial charge in [-0.3, -0.25) is 9.11 Å². The van der Waals surface area contributed by atoms with E-state index >= 15 is 0 Å². The normalized spacial score (nSPS) is 9.50. The Labute approximate surface area is 206 Å². The Morgan fingerprint density at radius 2 is 1.17 bits per heavy atom. The molecule has 0 amide bonds. The molecule has 0 aliphatic carbocycles. The zero-order valence-electron chi connectivity index (χ0n) is 15.2. The second-order valence-electron chi connectivity index (χ2n) is 4.49. The van der Waals surface area contributed by atoms with E-state index in [0.717, 1.165) is 20.5 Å². The molecule has 0 spiro atoms. The van der Waals surface area contributed by atoms with Crippen LogP contribution in [0.2, 0.25) is 0 Å². The predicted molar refractivity (Wildman–Crippen MR) is 124 cm³/mol. The van der Waals surface area contributed by atoms with Crippen molar-refractivity contribution in [2.24, 2.45) is 0 Å². The van der Waals surface area contributed by atoms with Crippen molar-refractivity contribution in [3.8, 4) is 0 Å². The number of carboxylic acids is 1. The SMILES string of the molecule is CO.COC(=O)c1ccc(Br)cc1Br.O=C(O)c1ccc(Br)cc1Br.O=S(=O)(O)O. The lowest BCUT2D eigenvalue weighted by molar-refractivity contribution is 0.0598. The average Bonchev–Trinajstić information content (AvgIpc) is 2.61. The quantitative estimate of drug-likeness (QED) is 0.253. The van der Waals surface area contributed by atoms with Gasteiger partial charge in [-0.05, 0) is 68.3 Å². The molecule has 0 aromatic heterocycles. The molecular weight excluding hydrogens is 688 g/mol. The molecule has 9 nitrogen and oxygen atoms in total. The van der Waals surface area contributed by atoms with Crippen LogP contribution in [-0.2, 0) is 15.1 Å². The maximum absolute atomic E-state index is 11.1. The van der Waals surface area contributed by atoms with Gasteiger partial charge < -0.3 is 14.9 Å². The van der Waals surface area contributed by atoms with E-state index in [1.165, 1.54) is 13.2 Å². The van der Waals surface area contributed by atoms with Crippen molar-refractivity contribution >= 4 is 86.1 Å². The van der Waals surface area contributed by atoms with E-state index in [1.54, 1.807) is 30.3 Å². The summed E-state index contributed by atoms with van der Waals surface area (Å²) in [5.74, 6) is -1.27. The molecule has 0 radical (unpaired) electrons. The summed E-state index contributed by atoms with van der Waals surface area (Å²) in [7, 11) is -2.31. The van der Waals surface area contributed by atoms with Gasteiger partial charge in [-0.15, -0.1) is 0 Å². The number of methoxy groups -OCH3 is 1. The number of rotatable bonds is 2. The zero-order chi connectivity index (χ0) is 24.1. The second-order valence-corrected chi connectivity index (χ2v) is 8.93. The number of ether oxygens (including phenoxy) is 1. The van der Waals surface area contributed by atoms with Gasteiger partial charge in [0.2, 0.25) is 0 Å². The molecule has 0 aliphatic rings. The van der Waals surface area contributed by atoms with Gasteiger partial charge in [-0.25, -0.2) is 9.59 Å². The largest absolute Gasteiger partial charge is 0.478 e. The predicted octanol–water partition coefficient (Wildman–Crippen LogP) is 4.86. The first-order valence-electron chi connectivity index (χ1n) is 7.12. The molecule has 4 N–H and O–H groups in total. The van der Waals surface area contributed by atoms with E-state index in [2.05, 4.69) is 68.5 Å². The lowest BCUT2D eigenvalue weighted by Crippen LogP contribution is -2.01. The van der Waals surface area contributed by atoms with Crippen LogP contribution in [0.5, 0.6) is 0 Å². The summed E-state index contributed by atoms with van der Waals surface area (Å²) in [6.45, 7) is 0. The van der Waals surface area contributed by atoms with Crippen LogP contribution in [0.1, 0.15) is 20.7 Å². The Kier molecular flexibility index (Phi) is 16.6. The smallest absolute Gasteiger partial charge is 0.394 e. The third-order valence-corrected chi connectivity index (χ3v) is 4.80. The van der Waals surface area contributed by atoms with Crippen LogP contribution in [0, 0.1) is 0 Å². The summed E-state index contributed by atoms with van der Waals surface area (Å²) >= 11 is 12.9. The molecule has 0 bridgehead atoms. The molecule has 168 valence electrons. The van der Waals surface area contributed by atoms with Crippen molar-refractivity contribution in [2.75, 3.05) is 14.2 Å². The highest BCUT2D eigenvalue weighted by Gasteiger charge is 2.09. The molecule has 14 heteroatoms. The molecule has 2 aromatic carbocycles. The van der Waals surface area contributed by atoms with E-state index in [1.807, 2.05) is 0 Å². The van der Waals surface area contributed by atoms with Crippen molar-refractivity contribution in [2.45, 2.75) is 0 Å². The molecule has 2 aromatic rings. The van der Waals surface area contributed by atoms with Gasteiger partial charge in [0, 0.05) is 25.0 Å². The van der Waals surface area contributed by atoms with E-state index in [0.29, 0.717) is 10.0 Å². The summed E-state index contributed by atoms with van der Waals surface area (Å²) in [6.07, 6.45) is 0. The molecule has 0 atom stereocenters. The van der Waals surface area contributed by atoms with Crippen LogP contribution in [0.15, 0.2) is 54.3 Å². The van der Waals surface area contributed by atoms with Crippen LogP contribution >= 0.6 is 63.7 Å². The number of halogens is 4. The first-order valence-corrected chi connectivity index (χ1v) is 11.7. The van der Waals surface area contributed by atoms with E-state index in [4.69, 9.17) is 27.7 Å². The van der Waals surface area contributed by atoms with E-state index < -0.39 is 16.4 Å². The van der Waals surface area contributed by atoms with Crippen LogP contribution in [-0.4, -0.2) is 53.9 Å². The second kappa shape index (κ2) is 15.9. The number of hydrogen-bond donors (Lipinski definition) is 4. The average molecular weight is 704 g/mol. The Balaban J connectivity index is 0. The van der Waals surface area contributed by atoms with Crippen molar-refractivity contribution in [3.63, 3.8) is 0 Å². The molecule has 2 rings (SSSR count). The summed E-state index contributed by atoms with van der Waals surface area (Å²) in [6, 6.07) is 10.2. The fraction of sp³-hybridized carbons (Fsp3) is 0.125. The van der Waals surface area contributed by atoms with Crippen molar-refractivity contribution < 1.29 is 42.1 Å². The Morgan fingerprint density at radius 3 is 1.43 bits per heavy atom. The summed E-state index contributed by atoms with van der Waals surface area (Å²) in [5, 5.41) is 15.6. The molecule has 0 saturated carbocycles. The first-order chi connectivity index (χ1) is 13.8. The molecule has 0 fully saturated rings. The zero-order valence-corrected chi connectivity index (χ0v) is 22.4. The Morgan fingerprint density at radius 1 is 0.833 bits per heavy atom. The summed E-state index contributed by atoms with van der Waals surface area (Å²) in [5.41, 5.74) is 0.800. The van der Waals surface area contributed by atoms with Gasteiger partial charge in [-0.2, -0.15) is 8.42 Å². The number of benzene rings is 2. The standard InChI is InChI=1S/C8H6Br2O2.C7H4Br2O2.CH4O.H2O4S/c1-12-8(11)6-3-2-5(9)4-7(6)10;8-4-1-2-5(7(10)11)6(9)3-4;1-2;1-5(2,3)4/h2-4H,1H3;1-3H,(H,10,11);2H,1H3;(H2,1,2,3,4). The molecule has 0 saturated heterocycles. The minimum atomic E-state index is -4.67. The van der Waals surface area contributed by atoms with Crippen LogP contribution in [0.3, 0.4) is 0 Å². The van der Waals surface area contributed by atoms with Crippen LogP contribution in [0.25, 0.3) is 0 Å². The highest BCUT2D eigenvalue weighted by atomic mass is 79.9. The Bertz CT molecular complexity index is 942. The van der Waals surface area contributed by atoms with Gasteiger partial charge in [-0.1, -0.05) is 31.9 Å². The number of hydrogen-bond acceptors (Lipinski definition) is 6. The third kappa shape index (κ3) is 15.0. The minimum Gasteiger partial charge on any atom is -0.478 e. The summed E-state index contributed by atoms with van der Waals surface area (Å²) in [4.78, 5) is 21.6. The highest BCUT2D eigenvalue weighted by Crippen LogP contribution is 2.22. The maximum atomic E-state index is 11.1. The van der Waals surface area contributed by atoms with Gasteiger partial charge in [0.15, 0.2) is 0 Å². The van der Waals surface area contributed by atoms with Crippen LogP contribution in [0.4, 0.5) is 0 Å². The molecular formula is C16H16Br4O9S. The molecule has 0 heterocycles. The van der Waals surface area contributed by atoms with Crippen molar-refractivity contribution in [1.82, 2.24) is 0 Å². The van der Waals surface area contributed by atoms with E-state index in [-0.39, 0.29) is 11.5 Å². The van der Waals surface area contributed by atoms with E-state index in [9.17, 15) is 9.59 Å². The topological polar surface area (TPSA) is 158 Å². The minimum absolute atomic E-state index is 0.271. The number of carbonyl (C=O) groups is 2. The molecule has 0 unspecified atom stereocenters. The fourth-order valence-electron chi connectivity index (χ4n) is 1.43. The number of esters is 1. The Hall–Kier alpha value is -0.870. The fourth-order valence-corrected chi connectivity index (χ4v) is 3.85. The monoisotopic (exact) mass is 700 g/mol. The highest BCUT2D eigenvalue weighted by molar-refractivity contribution is 9.11. The number of aliphatic hydroxyl groups excluding tert-OH is 1. The molecule has 0 aliphatic heterocycles. The van der Waals surface area contributed by atoms with Gasteiger partial charge >= 0.3 is 22.3 Å². The molecule has 30 heavy (non-hydrogen) atoms. The van der Waals surface area contributed by atoms with Crippen LogP contribution < -0.4 is 0 Å². The maximum Gasteiger partial charge on any atom is 0.394 e. The lowest BCUT2D eigenvalue weighted by Gasteiger charge is -2.01. The first kappa shape index (κ1) is 31.3. The summed E-state index contributed by atoms with van der Waals surface area (Å²) < 4.78 is 39.2. The third-order valence-electron chi connectivity index (χ3n) is 2.50. The number of aromatic carboxylic acids is 1. The van der Waals surface area contributed by atoms with Gasteiger partial charge in [0.1, 0.15) is 0 Å². The van der Waals surface area contributed by atoms with Crippen molar-refractivity contribution in [3.05, 3.63) is 65.4 Å². The van der Waals surface area contributed by atoms with Gasteiger partial charge in [0.25, 0.3) is 0 Å². The van der Waals surface area contributed by atoms with Crippen molar-refractivity contribution in [1.29, 1.82) is 0 Å². The number of carboxylic acid groups (broad SMARTS) is 1. The number of carbonyl (C=O) groups excluding carboxylic acids is 1.